The van der Waals surface area contributed by atoms with Gasteiger partial charge in [0.1, 0.15) is 0 Å². The van der Waals surface area contributed by atoms with Gasteiger partial charge in [0.05, 0.1) is 0 Å². The average Bonchev–Trinajstić information content (AvgIpc) is 3.45. The van der Waals surface area contributed by atoms with Crippen LogP contribution in [0.2, 0.25) is 0 Å². The van der Waals surface area contributed by atoms with Gasteiger partial charge in [-0.2, -0.15) is 0 Å². The fourth-order valence-corrected chi connectivity index (χ4v) is 5.02. The van der Waals surface area contributed by atoms with Crippen LogP contribution in [-0.4, -0.2) is 36.9 Å². The average molecular weight is 546 g/mol. The summed E-state index contributed by atoms with van der Waals surface area (Å²) in [4.78, 5) is 18.5. The van der Waals surface area contributed by atoms with Gasteiger partial charge >= 0.3 is 0 Å². The number of halogens is 1. The maximum Gasteiger partial charge on any atom is 0.222 e. The van der Waals surface area contributed by atoms with Gasteiger partial charge < -0.3 is 15.5 Å². The molecule has 2 aromatic carbocycles. The molecule has 4 rings (SSSR count). The highest BCUT2D eigenvalue weighted by Gasteiger charge is 2.35. The van der Waals surface area contributed by atoms with Crippen LogP contribution < -0.4 is 10.6 Å². The number of likely N-dealkylation sites (tertiary alicyclic amines) is 1. The number of hydrogen-bond donors (Lipinski definition) is 2. The zero-order chi connectivity index (χ0) is 21.5. The minimum absolute atomic E-state index is 0. The first kappa shape index (κ1) is 24.6. The standard InChI is InChI=1S/C26H34N4O.HI/c1-27-25(29-20-26(15-7-8-16-26)23-12-3-2-4-13-23)28-18-21-10-5-6-11-22(21)19-30-17-9-14-24(30)31;/h2-6,10-13H,7-9,14-20H2,1H3,(H2,27,28,29);1H. The van der Waals surface area contributed by atoms with Crippen molar-refractivity contribution in [2.75, 3.05) is 20.1 Å². The van der Waals surface area contributed by atoms with E-state index in [0.717, 1.165) is 25.5 Å². The molecule has 6 heteroatoms. The smallest absolute Gasteiger partial charge is 0.222 e. The van der Waals surface area contributed by atoms with Gasteiger partial charge in [0, 0.05) is 45.1 Å². The number of amides is 1. The Balaban J connectivity index is 0.00000289. The highest BCUT2D eigenvalue weighted by Crippen LogP contribution is 2.40. The molecule has 0 radical (unpaired) electrons. The number of rotatable bonds is 7. The normalized spacial score (nSPS) is 17.8. The summed E-state index contributed by atoms with van der Waals surface area (Å²) in [6.45, 7) is 3.14. The Morgan fingerprint density at radius 1 is 0.969 bits per heavy atom. The van der Waals surface area contributed by atoms with Crippen molar-refractivity contribution < 1.29 is 4.79 Å². The maximum absolute atomic E-state index is 12.0. The fraction of sp³-hybridized carbons (Fsp3) is 0.462. The molecular formula is C26H35IN4O. The van der Waals surface area contributed by atoms with Crippen molar-refractivity contribution in [3.8, 4) is 0 Å². The second-order valence-corrected chi connectivity index (χ2v) is 8.82. The molecule has 1 aliphatic heterocycles. The van der Waals surface area contributed by atoms with E-state index in [-0.39, 0.29) is 35.3 Å². The van der Waals surface area contributed by atoms with E-state index >= 15 is 0 Å². The van der Waals surface area contributed by atoms with Gasteiger partial charge in [-0.15, -0.1) is 24.0 Å². The summed E-state index contributed by atoms with van der Waals surface area (Å²) in [5, 5.41) is 7.09. The Morgan fingerprint density at radius 3 is 2.31 bits per heavy atom. The molecule has 0 spiro atoms. The molecule has 2 aliphatic rings. The number of carbonyl (C=O) groups excluding carboxylic acids is 1. The lowest BCUT2D eigenvalue weighted by Gasteiger charge is -2.31. The van der Waals surface area contributed by atoms with Crippen LogP contribution in [0.4, 0.5) is 0 Å². The summed E-state index contributed by atoms with van der Waals surface area (Å²) in [5.41, 5.74) is 4.03. The zero-order valence-electron chi connectivity index (χ0n) is 19.0. The third-order valence-electron chi connectivity index (χ3n) is 6.86. The first-order valence-electron chi connectivity index (χ1n) is 11.5. The maximum atomic E-state index is 12.0. The van der Waals surface area contributed by atoms with Crippen molar-refractivity contribution >= 4 is 35.8 Å². The van der Waals surface area contributed by atoms with Gasteiger partial charge in [-0.1, -0.05) is 67.4 Å². The number of nitrogens with zero attached hydrogens (tertiary/aromatic N) is 2. The van der Waals surface area contributed by atoms with Crippen molar-refractivity contribution in [1.82, 2.24) is 15.5 Å². The topological polar surface area (TPSA) is 56.7 Å². The van der Waals surface area contributed by atoms with Crippen LogP contribution in [0.1, 0.15) is 55.2 Å². The van der Waals surface area contributed by atoms with Gasteiger partial charge in [0.25, 0.3) is 0 Å². The molecular weight excluding hydrogens is 511 g/mol. The Kier molecular flexibility index (Phi) is 8.96. The molecule has 1 amide bonds. The number of guanidine groups is 1. The van der Waals surface area contributed by atoms with Crippen LogP contribution >= 0.6 is 24.0 Å². The van der Waals surface area contributed by atoms with E-state index in [1.807, 2.05) is 11.9 Å². The minimum Gasteiger partial charge on any atom is -0.356 e. The first-order chi connectivity index (χ1) is 15.2. The summed E-state index contributed by atoms with van der Waals surface area (Å²) >= 11 is 0. The molecule has 5 nitrogen and oxygen atoms in total. The fourth-order valence-electron chi connectivity index (χ4n) is 5.02. The highest BCUT2D eigenvalue weighted by atomic mass is 127. The lowest BCUT2D eigenvalue weighted by atomic mass is 9.79. The van der Waals surface area contributed by atoms with Crippen LogP contribution in [0.3, 0.4) is 0 Å². The Morgan fingerprint density at radius 2 is 1.66 bits per heavy atom. The van der Waals surface area contributed by atoms with Crippen molar-refractivity contribution in [3.63, 3.8) is 0 Å². The SMILES string of the molecule is CN=C(NCc1ccccc1CN1CCCC1=O)NCC1(c2ccccc2)CCCC1.I. The van der Waals surface area contributed by atoms with Crippen LogP contribution in [0, 0.1) is 0 Å². The van der Waals surface area contributed by atoms with E-state index in [1.54, 1.807) is 0 Å². The second kappa shape index (κ2) is 11.7. The molecule has 172 valence electrons. The number of benzene rings is 2. The summed E-state index contributed by atoms with van der Waals surface area (Å²) in [7, 11) is 1.83. The van der Waals surface area contributed by atoms with Crippen LogP contribution in [0.5, 0.6) is 0 Å². The van der Waals surface area contributed by atoms with E-state index in [4.69, 9.17) is 0 Å². The molecule has 1 aliphatic carbocycles. The molecule has 0 bridgehead atoms. The molecule has 2 aromatic rings. The summed E-state index contributed by atoms with van der Waals surface area (Å²) < 4.78 is 0. The highest BCUT2D eigenvalue weighted by molar-refractivity contribution is 14.0. The predicted octanol–water partition coefficient (Wildman–Crippen LogP) is 4.60. The summed E-state index contributed by atoms with van der Waals surface area (Å²) in [6.07, 6.45) is 6.65. The first-order valence-corrected chi connectivity index (χ1v) is 11.5. The van der Waals surface area contributed by atoms with Gasteiger partial charge in [0.15, 0.2) is 5.96 Å². The number of hydrogen-bond acceptors (Lipinski definition) is 2. The third-order valence-corrected chi connectivity index (χ3v) is 6.86. The molecule has 0 aromatic heterocycles. The van der Waals surface area contributed by atoms with E-state index in [9.17, 15) is 4.79 Å². The van der Waals surface area contributed by atoms with Gasteiger partial charge in [-0.25, -0.2) is 0 Å². The second-order valence-electron chi connectivity index (χ2n) is 8.82. The quantitative estimate of drug-likeness (QED) is 0.303. The Hall–Kier alpha value is -2.09. The van der Waals surface area contributed by atoms with Gasteiger partial charge in [-0.05, 0) is 36.0 Å². The van der Waals surface area contributed by atoms with Gasteiger partial charge in [-0.3, -0.25) is 9.79 Å². The van der Waals surface area contributed by atoms with E-state index in [2.05, 4.69) is 70.2 Å². The molecule has 2 N–H and O–H groups in total. The molecule has 1 saturated carbocycles. The molecule has 2 fully saturated rings. The largest absolute Gasteiger partial charge is 0.356 e. The third kappa shape index (κ3) is 5.82. The monoisotopic (exact) mass is 546 g/mol. The Labute approximate surface area is 209 Å². The predicted molar refractivity (Wildman–Crippen MR) is 141 cm³/mol. The van der Waals surface area contributed by atoms with Crippen LogP contribution in [0.15, 0.2) is 59.6 Å². The molecule has 1 saturated heterocycles. The summed E-state index contributed by atoms with van der Waals surface area (Å²) in [5.74, 6) is 1.09. The van der Waals surface area contributed by atoms with Crippen molar-refractivity contribution in [1.29, 1.82) is 0 Å². The van der Waals surface area contributed by atoms with Gasteiger partial charge in [0.2, 0.25) is 5.91 Å². The lowest BCUT2D eigenvalue weighted by molar-refractivity contribution is -0.128. The number of aliphatic imine (C=N–C) groups is 1. The molecule has 1 heterocycles. The number of carbonyl (C=O) groups is 1. The lowest BCUT2D eigenvalue weighted by Crippen LogP contribution is -2.44. The number of nitrogens with one attached hydrogen (secondary N) is 2. The zero-order valence-corrected chi connectivity index (χ0v) is 21.3. The van der Waals surface area contributed by atoms with Crippen LogP contribution in [-0.2, 0) is 23.3 Å². The van der Waals surface area contributed by atoms with Crippen LogP contribution in [0.25, 0.3) is 0 Å². The molecule has 0 unspecified atom stereocenters. The van der Waals surface area contributed by atoms with Crippen molar-refractivity contribution in [2.45, 2.75) is 57.0 Å². The Bertz CT molecular complexity index is 909. The van der Waals surface area contributed by atoms with E-state index in [0.29, 0.717) is 19.5 Å². The molecule has 32 heavy (non-hydrogen) atoms. The van der Waals surface area contributed by atoms with Crippen molar-refractivity contribution in [2.24, 2.45) is 4.99 Å². The van der Waals surface area contributed by atoms with E-state index < -0.39 is 0 Å². The minimum atomic E-state index is 0. The van der Waals surface area contributed by atoms with Crippen molar-refractivity contribution in [3.05, 3.63) is 71.3 Å². The van der Waals surface area contributed by atoms with E-state index in [1.165, 1.54) is 42.4 Å². The molecule has 0 atom stereocenters. The summed E-state index contributed by atoms with van der Waals surface area (Å²) in [6, 6.07) is 19.3.